The number of carbonyl (C=O) groups is 2. The van der Waals surface area contributed by atoms with Crippen LogP contribution in [0, 0.1) is 12.8 Å². The fourth-order valence-electron chi connectivity index (χ4n) is 3.75. The topological polar surface area (TPSA) is 84.4 Å². The lowest BCUT2D eigenvalue weighted by Crippen LogP contribution is -2.28. The molecule has 2 aromatic heterocycles. The summed E-state index contributed by atoms with van der Waals surface area (Å²) in [6.45, 7) is 3.96. The zero-order valence-electron chi connectivity index (χ0n) is 18.3. The van der Waals surface area contributed by atoms with Crippen molar-refractivity contribution < 1.29 is 23.1 Å². The predicted molar refractivity (Wildman–Crippen MR) is 114 cm³/mol. The number of aryl methyl sites for hydroxylation is 1. The van der Waals surface area contributed by atoms with Crippen LogP contribution >= 0.6 is 0 Å². The number of carbonyl (C=O) groups excluding carboxylic acids is 2. The Hall–Kier alpha value is -3.10. The Labute approximate surface area is 185 Å². The van der Waals surface area contributed by atoms with Gasteiger partial charge in [0.15, 0.2) is 6.61 Å². The maximum Gasteiger partial charge on any atom is 0.278 e. The largest absolute Gasteiger partial charge is 0.485 e. The van der Waals surface area contributed by atoms with Crippen molar-refractivity contribution in [3.05, 3.63) is 46.9 Å². The quantitative estimate of drug-likeness (QED) is 0.657. The van der Waals surface area contributed by atoms with Gasteiger partial charge in [-0.1, -0.05) is 0 Å². The van der Waals surface area contributed by atoms with Crippen LogP contribution in [-0.2, 0) is 11.3 Å². The number of hydrogen-bond donors (Lipinski definition) is 1. The molecule has 1 saturated carbocycles. The van der Waals surface area contributed by atoms with Crippen molar-refractivity contribution in [2.75, 3.05) is 11.9 Å². The van der Waals surface area contributed by atoms with E-state index in [0.717, 1.165) is 19.8 Å². The summed E-state index contributed by atoms with van der Waals surface area (Å²) in [5.74, 6) is -2.04. The molecule has 0 radical (unpaired) electrons. The van der Waals surface area contributed by atoms with E-state index in [4.69, 9.17) is 4.74 Å². The molecular formula is C23H26F2N4O3. The van der Waals surface area contributed by atoms with Crippen LogP contribution in [0.3, 0.4) is 0 Å². The third kappa shape index (κ3) is 4.87. The molecule has 170 valence electrons. The van der Waals surface area contributed by atoms with Crippen molar-refractivity contribution in [1.82, 2.24) is 14.9 Å². The molecule has 2 amide bonds. The molecule has 32 heavy (non-hydrogen) atoms. The van der Waals surface area contributed by atoms with E-state index in [1.54, 1.807) is 24.0 Å². The van der Waals surface area contributed by atoms with E-state index in [0.29, 0.717) is 47.1 Å². The summed E-state index contributed by atoms with van der Waals surface area (Å²) in [6, 6.07) is 3.02. The molecule has 1 aliphatic heterocycles. The van der Waals surface area contributed by atoms with Crippen LogP contribution in [0.4, 0.5) is 14.6 Å². The van der Waals surface area contributed by atoms with Gasteiger partial charge in [0.05, 0.1) is 24.5 Å². The molecule has 0 bridgehead atoms. The molecule has 4 rings (SSSR count). The molecule has 9 heteroatoms. The van der Waals surface area contributed by atoms with Gasteiger partial charge in [-0.15, -0.1) is 0 Å². The summed E-state index contributed by atoms with van der Waals surface area (Å²) in [4.78, 5) is 35.6. The van der Waals surface area contributed by atoms with Crippen LogP contribution in [0.2, 0.25) is 0 Å². The third-order valence-electron chi connectivity index (χ3n) is 5.76. The smallest absolute Gasteiger partial charge is 0.278 e. The van der Waals surface area contributed by atoms with E-state index in [1.807, 2.05) is 6.92 Å². The van der Waals surface area contributed by atoms with Gasteiger partial charge in [0.2, 0.25) is 5.91 Å². The molecule has 2 aliphatic rings. The Balaban J connectivity index is 1.49. The highest BCUT2D eigenvalue weighted by atomic mass is 19.3. The van der Waals surface area contributed by atoms with Crippen molar-refractivity contribution in [2.45, 2.75) is 58.5 Å². The molecule has 1 atom stereocenters. The number of ether oxygens (including phenoxy) is 1. The average molecular weight is 444 g/mol. The first-order valence-electron chi connectivity index (χ1n) is 10.7. The summed E-state index contributed by atoms with van der Waals surface area (Å²) in [5, 5.41) is 2.85. The number of amides is 2. The number of halogens is 2. The lowest BCUT2D eigenvalue weighted by molar-refractivity contribution is -0.116. The second kappa shape index (κ2) is 8.44. The van der Waals surface area contributed by atoms with E-state index in [-0.39, 0.29) is 23.6 Å². The lowest BCUT2D eigenvalue weighted by atomic mass is 10.1. The first-order valence-corrected chi connectivity index (χ1v) is 10.7. The van der Waals surface area contributed by atoms with Gasteiger partial charge < -0.3 is 15.0 Å². The van der Waals surface area contributed by atoms with E-state index in [2.05, 4.69) is 15.3 Å². The summed E-state index contributed by atoms with van der Waals surface area (Å²) in [5.41, 5.74) is 2.47. The number of alkyl halides is 2. The highest BCUT2D eigenvalue weighted by Crippen LogP contribution is 2.36. The number of pyridine rings is 2. The van der Waals surface area contributed by atoms with Crippen molar-refractivity contribution in [1.29, 1.82) is 0 Å². The molecule has 1 unspecified atom stereocenters. The normalized spacial score (nSPS) is 16.7. The molecule has 3 heterocycles. The Morgan fingerprint density at radius 3 is 2.78 bits per heavy atom. The van der Waals surface area contributed by atoms with Gasteiger partial charge in [0.25, 0.3) is 11.8 Å². The lowest BCUT2D eigenvalue weighted by Gasteiger charge is -2.24. The number of anilines is 1. The molecule has 0 aromatic carbocycles. The standard InChI is InChI=1S/C23H26F2N4O3/c1-13-8-18(27-10-19(13)32-12-23(3,24)25)14(2)29-11-17-16(22(29)31)6-7-26-21(17)28-20(30)9-15-4-5-15/h6-8,10,14-15H,4-5,9,11-12H2,1-3H3,(H,26,28,30). The van der Waals surface area contributed by atoms with Gasteiger partial charge in [-0.05, 0) is 50.3 Å². The van der Waals surface area contributed by atoms with Crippen molar-refractivity contribution in [2.24, 2.45) is 5.92 Å². The average Bonchev–Trinajstić information content (AvgIpc) is 3.47. The summed E-state index contributed by atoms with van der Waals surface area (Å²) in [7, 11) is 0. The maximum absolute atomic E-state index is 13.1. The number of rotatable bonds is 8. The zero-order valence-corrected chi connectivity index (χ0v) is 18.3. The summed E-state index contributed by atoms with van der Waals surface area (Å²) < 4.78 is 31.3. The molecule has 0 spiro atoms. The van der Waals surface area contributed by atoms with E-state index >= 15 is 0 Å². The minimum absolute atomic E-state index is 0.0853. The second-order valence-corrected chi connectivity index (χ2v) is 8.72. The van der Waals surface area contributed by atoms with Crippen LogP contribution in [0.25, 0.3) is 0 Å². The Morgan fingerprint density at radius 2 is 2.12 bits per heavy atom. The van der Waals surface area contributed by atoms with Gasteiger partial charge in [-0.2, -0.15) is 0 Å². The minimum Gasteiger partial charge on any atom is -0.485 e. The van der Waals surface area contributed by atoms with Gasteiger partial charge in [0, 0.05) is 30.7 Å². The monoisotopic (exact) mass is 444 g/mol. The minimum atomic E-state index is -2.94. The molecule has 1 aliphatic carbocycles. The van der Waals surface area contributed by atoms with E-state index < -0.39 is 12.5 Å². The van der Waals surface area contributed by atoms with Gasteiger partial charge in [-0.25, -0.2) is 13.8 Å². The molecule has 7 nitrogen and oxygen atoms in total. The van der Waals surface area contributed by atoms with Crippen LogP contribution in [0.1, 0.15) is 66.3 Å². The zero-order chi connectivity index (χ0) is 23.0. The highest BCUT2D eigenvalue weighted by molar-refractivity contribution is 6.01. The SMILES string of the molecule is Cc1cc(C(C)N2Cc3c(ccnc3NC(=O)CC3CC3)C2=O)ncc1OCC(C)(F)F. The van der Waals surface area contributed by atoms with Crippen LogP contribution in [-0.4, -0.2) is 39.2 Å². The first kappa shape index (κ1) is 22.1. The highest BCUT2D eigenvalue weighted by Gasteiger charge is 2.35. The van der Waals surface area contributed by atoms with Crippen molar-refractivity contribution in [3.8, 4) is 5.75 Å². The third-order valence-corrected chi connectivity index (χ3v) is 5.76. The van der Waals surface area contributed by atoms with E-state index in [9.17, 15) is 18.4 Å². The molecule has 0 saturated heterocycles. The molecule has 1 N–H and O–H groups in total. The summed E-state index contributed by atoms with van der Waals surface area (Å²) in [6.07, 6.45) is 5.56. The number of aromatic nitrogens is 2. The molecule has 2 aromatic rings. The van der Waals surface area contributed by atoms with Crippen molar-refractivity contribution in [3.63, 3.8) is 0 Å². The second-order valence-electron chi connectivity index (χ2n) is 8.72. The van der Waals surface area contributed by atoms with Crippen LogP contribution in [0.5, 0.6) is 5.75 Å². The fourth-order valence-corrected chi connectivity index (χ4v) is 3.75. The number of fused-ring (bicyclic) bond motifs is 1. The molecule has 1 fully saturated rings. The van der Waals surface area contributed by atoms with Gasteiger partial charge in [0.1, 0.15) is 11.6 Å². The molecular weight excluding hydrogens is 418 g/mol. The Morgan fingerprint density at radius 1 is 1.38 bits per heavy atom. The van der Waals surface area contributed by atoms with Gasteiger partial charge in [-0.3, -0.25) is 14.6 Å². The van der Waals surface area contributed by atoms with E-state index in [1.165, 1.54) is 12.4 Å². The van der Waals surface area contributed by atoms with Gasteiger partial charge >= 0.3 is 0 Å². The Kier molecular flexibility index (Phi) is 5.83. The number of nitrogens with one attached hydrogen (secondary N) is 1. The fraction of sp³-hybridized carbons (Fsp3) is 0.478. The van der Waals surface area contributed by atoms with Crippen LogP contribution < -0.4 is 10.1 Å². The number of hydrogen-bond acceptors (Lipinski definition) is 5. The first-order chi connectivity index (χ1) is 15.1. The summed E-state index contributed by atoms with van der Waals surface area (Å²) >= 11 is 0. The Bertz CT molecular complexity index is 1050. The van der Waals surface area contributed by atoms with Crippen LogP contribution in [0.15, 0.2) is 24.5 Å². The van der Waals surface area contributed by atoms with Crippen molar-refractivity contribution >= 4 is 17.6 Å². The predicted octanol–water partition coefficient (Wildman–Crippen LogP) is 4.27. The maximum atomic E-state index is 13.1. The number of nitrogens with zero attached hydrogens (tertiary/aromatic N) is 3.